The van der Waals surface area contributed by atoms with E-state index in [9.17, 15) is 14.4 Å². The molecule has 1 saturated heterocycles. The molecule has 2 rings (SSSR count). The first-order valence-electron chi connectivity index (χ1n) is 8.41. The van der Waals surface area contributed by atoms with E-state index in [2.05, 4.69) is 0 Å². The molecule has 6 nitrogen and oxygen atoms in total. The van der Waals surface area contributed by atoms with Crippen LogP contribution in [-0.2, 0) is 19.1 Å². The minimum Gasteiger partial charge on any atom is -0.466 e. The van der Waals surface area contributed by atoms with Gasteiger partial charge in [0.25, 0.3) is 0 Å². The number of amides is 2. The van der Waals surface area contributed by atoms with Gasteiger partial charge in [-0.3, -0.25) is 9.59 Å². The topological polar surface area (TPSA) is 72.9 Å². The van der Waals surface area contributed by atoms with E-state index in [0.29, 0.717) is 45.1 Å². The molecule has 1 aliphatic heterocycles. The Hall–Kier alpha value is -1.59. The van der Waals surface area contributed by atoms with Crippen LogP contribution in [-0.4, -0.2) is 40.6 Å². The van der Waals surface area contributed by atoms with E-state index in [1.54, 1.807) is 27.7 Å². The lowest BCUT2D eigenvalue weighted by atomic mass is 9.75. The first kappa shape index (κ1) is 17.8. The first-order chi connectivity index (χ1) is 10.7. The molecule has 2 fully saturated rings. The normalized spacial score (nSPS) is 28.1. The number of likely N-dealkylation sites (tertiary alicyclic amines) is 1. The second-order valence-electron chi connectivity index (χ2n) is 7.46. The molecular weight excluding hydrogens is 298 g/mol. The maximum Gasteiger partial charge on any atom is 0.417 e. The predicted molar refractivity (Wildman–Crippen MR) is 83.6 cm³/mol. The highest BCUT2D eigenvalue weighted by atomic mass is 16.6. The highest BCUT2D eigenvalue weighted by Gasteiger charge is 2.52. The van der Waals surface area contributed by atoms with Crippen molar-refractivity contribution in [1.29, 1.82) is 0 Å². The van der Waals surface area contributed by atoms with Gasteiger partial charge in [-0.2, -0.15) is 0 Å². The van der Waals surface area contributed by atoms with Gasteiger partial charge in [-0.15, -0.1) is 0 Å². The molecule has 0 N–H and O–H groups in total. The number of ether oxygens (including phenoxy) is 2. The number of rotatable bonds is 2. The molecule has 0 bridgehead atoms. The molecule has 6 heteroatoms. The van der Waals surface area contributed by atoms with Crippen molar-refractivity contribution in [2.24, 2.45) is 5.92 Å². The maximum atomic E-state index is 12.5. The van der Waals surface area contributed by atoms with Crippen molar-refractivity contribution in [3.8, 4) is 0 Å². The lowest BCUT2D eigenvalue weighted by molar-refractivity contribution is -0.150. The molecule has 2 aliphatic rings. The van der Waals surface area contributed by atoms with Gasteiger partial charge < -0.3 is 9.47 Å². The van der Waals surface area contributed by atoms with E-state index >= 15 is 0 Å². The van der Waals surface area contributed by atoms with Crippen LogP contribution in [0.5, 0.6) is 0 Å². The molecule has 1 aliphatic carbocycles. The average molecular weight is 325 g/mol. The van der Waals surface area contributed by atoms with Crippen LogP contribution in [0.4, 0.5) is 4.79 Å². The summed E-state index contributed by atoms with van der Waals surface area (Å²) in [6, 6.07) is 0. The predicted octanol–water partition coefficient (Wildman–Crippen LogP) is 3.04. The van der Waals surface area contributed by atoms with E-state index in [1.165, 1.54) is 4.90 Å². The smallest absolute Gasteiger partial charge is 0.417 e. The molecular formula is C17H27NO5. The number of nitrogens with zero attached hydrogens (tertiary/aromatic N) is 1. The van der Waals surface area contributed by atoms with Crippen LogP contribution in [0.15, 0.2) is 0 Å². The van der Waals surface area contributed by atoms with Gasteiger partial charge in [0.15, 0.2) is 0 Å². The zero-order valence-electron chi connectivity index (χ0n) is 14.5. The molecule has 1 saturated carbocycles. The van der Waals surface area contributed by atoms with Crippen molar-refractivity contribution in [3.05, 3.63) is 0 Å². The van der Waals surface area contributed by atoms with Crippen molar-refractivity contribution >= 4 is 18.0 Å². The number of imide groups is 1. The van der Waals surface area contributed by atoms with E-state index < -0.39 is 17.2 Å². The SMILES string of the molecule is CCOC(=O)C1CCC2(CCC(=O)N2C(=O)OC(C)(C)C)CC1. The molecule has 0 atom stereocenters. The lowest BCUT2D eigenvalue weighted by Gasteiger charge is -2.42. The number of carbonyl (C=O) groups is 3. The summed E-state index contributed by atoms with van der Waals surface area (Å²) in [7, 11) is 0. The van der Waals surface area contributed by atoms with E-state index in [0.717, 1.165) is 0 Å². The van der Waals surface area contributed by atoms with Gasteiger partial charge in [0.1, 0.15) is 5.60 Å². The summed E-state index contributed by atoms with van der Waals surface area (Å²) < 4.78 is 10.5. The Kier molecular flexibility index (Phi) is 5.01. The van der Waals surface area contributed by atoms with Gasteiger partial charge in [-0.1, -0.05) is 0 Å². The fraction of sp³-hybridized carbons (Fsp3) is 0.824. The molecule has 1 spiro atoms. The molecule has 0 unspecified atom stereocenters. The molecule has 130 valence electrons. The fourth-order valence-corrected chi connectivity index (χ4v) is 3.56. The zero-order valence-corrected chi connectivity index (χ0v) is 14.5. The summed E-state index contributed by atoms with van der Waals surface area (Å²) in [6.07, 6.45) is 3.03. The third kappa shape index (κ3) is 3.85. The van der Waals surface area contributed by atoms with Crippen LogP contribution in [0.2, 0.25) is 0 Å². The van der Waals surface area contributed by atoms with Gasteiger partial charge in [-0.05, 0) is 59.8 Å². The first-order valence-corrected chi connectivity index (χ1v) is 8.41. The molecule has 23 heavy (non-hydrogen) atoms. The Bertz CT molecular complexity index is 486. The zero-order chi connectivity index (χ0) is 17.3. The molecule has 2 amide bonds. The summed E-state index contributed by atoms with van der Waals surface area (Å²) in [5.74, 6) is -0.471. The maximum absolute atomic E-state index is 12.5. The Morgan fingerprint density at radius 2 is 1.83 bits per heavy atom. The number of hydrogen-bond acceptors (Lipinski definition) is 5. The number of carbonyl (C=O) groups excluding carboxylic acids is 3. The van der Waals surface area contributed by atoms with Crippen LogP contribution >= 0.6 is 0 Å². The number of esters is 1. The van der Waals surface area contributed by atoms with Gasteiger partial charge in [-0.25, -0.2) is 9.69 Å². The molecule has 0 radical (unpaired) electrons. The Balaban J connectivity index is 2.08. The summed E-state index contributed by atoms with van der Waals surface area (Å²) in [5.41, 5.74) is -1.12. The number of hydrogen-bond donors (Lipinski definition) is 0. The van der Waals surface area contributed by atoms with Gasteiger partial charge in [0.05, 0.1) is 18.1 Å². The van der Waals surface area contributed by atoms with Crippen LogP contribution in [0.25, 0.3) is 0 Å². The standard InChI is InChI=1S/C17H27NO5/c1-5-22-14(20)12-6-9-17(10-7-12)11-8-13(19)18(17)15(21)23-16(2,3)4/h12H,5-11H2,1-4H3. The van der Waals surface area contributed by atoms with Crippen molar-refractivity contribution in [3.63, 3.8) is 0 Å². The molecule has 0 aromatic rings. The minimum absolute atomic E-state index is 0.128. The summed E-state index contributed by atoms with van der Waals surface area (Å²) >= 11 is 0. The van der Waals surface area contributed by atoms with Crippen molar-refractivity contribution in [2.75, 3.05) is 6.61 Å². The summed E-state index contributed by atoms with van der Waals surface area (Å²) in [5, 5.41) is 0. The highest BCUT2D eigenvalue weighted by Crippen LogP contribution is 2.44. The largest absolute Gasteiger partial charge is 0.466 e. The van der Waals surface area contributed by atoms with Crippen LogP contribution < -0.4 is 0 Å². The van der Waals surface area contributed by atoms with Gasteiger partial charge in [0.2, 0.25) is 5.91 Å². The van der Waals surface area contributed by atoms with Crippen molar-refractivity contribution in [2.45, 2.75) is 77.4 Å². The highest BCUT2D eigenvalue weighted by molar-refractivity contribution is 5.95. The third-order valence-corrected chi connectivity index (χ3v) is 4.64. The Morgan fingerprint density at radius 3 is 2.35 bits per heavy atom. The average Bonchev–Trinajstić information content (AvgIpc) is 2.75. The quantitative estimate of drug-likeness (QED) is 0.730. The van der Waals surface area contributed by atoms with E-state index in [-0.39, 0.29) is 17.8 Å². The third-order valence-electron chi connectivity index (χ3n) is 4.64. The minimum atomic E-state index is -0.636. The fourth-order valence-electron chi connectivity index (χ4n) is 3.56. The Labute approximate surface area is 137 Å². The monoisotopic (exact) mass is 325 g/mol. The second kappa shape index (κ2) is 6.49. The van der Waals surface area contributed by atoms with E-state index in [4.69, 9.17) is 9.47 Å². The van der Waals surface area contributed by atoms with Crippen LogP contribution in [0.1, 0.15) is 66.2 Å². The Morgan fingerprint density at radius 1 is 1.22 bits per heavy atom. The van der Waals surface area contributed by atoms with Crippen LogP contribution in [0, 0.1) is 5.92 Å². The lowest BCUT2D eigenvalue weighted by Crippen LogP contribution is -2.53. The van der Waals surface area contributed by atoms with Crippen molar-refractivity contribution in [1.82, 2.24) is 4.90 Å². The second-order valence-corrected chi connectivity index (χ2v) is 7.46. The van der Waals surface area contributed by atoms with Crippen LogP contribution in [0.3, 0.4) is 0 Å². The molecule has 0 aromatic heterocycles. The van der Waals surface area contributed by atoms with Gasteiger partial charge in [0, 0.05) is 6.42 Å². The van der Waals surface area contributed by atoms with Crippen molar-refractivity contribution < 1.29 is 23.9 Å². The summed E-state index contributed by atoms with van der Waals surface area (Å²) in [4.78, 5) is 37.9. The summed E-state index contributed by atoms with van der Waals surface area (Å²) in [6.45, 7) is 7.53. The molecule has 1 heterocycles. The van der Waals surface area contributed by atoms with E-state index in [1.807, 2.05) is 0 Å². The van der Waals surface area contributed by atoms with Gasteiger partial charge >= 0.3 is 12.1 Å². The molecule has 0 aromatic carbocycles.